The second-order valence-electron chi connectivity index (χ2n) is 5.09. The first-order valence-electron chi connectivity index (χ1n) is 6.99. The molecule has 0 amide bonds. The molecule has 4 heteroatoms. The van der Waals surface area contributed by atoms with Gasteiger partial charge in [0.1, 0.15) is 5.82 Å². The topological polar surface area (TPSA) is 35.2 Å². The van der Waals surface area contributed by atoms with Crippen molar-refractivity contribution >= 4 is 11.8 Å². The Morgan fingerprint density at radius 1 is 1.37 bits per heavy atom. The lowest BCUT2D eigenvalue weighted by molar-refractivity contribution is 0.102. The number of hydrogen-bond acceptors (Lipinski definition) is 3. The van der Waals surface area contributed by atoms with Crippen LogP contribution in [-0.2, 0) is 4.74 Å². The lowest BCUT2D eigenvalue weighted by Crippen LogP contribution is -2.23. The largest absolute Gasteiger partial charge is 0.378 e. The Morgan fingerprint density at radius 2 is 2.16 bits per heavy atom. The zero-order valence-corrected chi connectivity index (χ0v) is 12.0. The van der Waals surface area contributed by atoms with Gasteiger partial charge in [-0.2, -0.15) is 0 Å². The van der Waals surface area contributed by atoms with Crippen molar-refractivity contribution in [1.82, 2.24) is 0 Å². The molecule has 0 aromatic heterocycles. The minimum Gasteiger partial charge on any atom is -0.378 e. The molecule has 1 aliphatic rings. The van der Waals surface area contributed by atoms with Crippen molar-refractivity contribution in [2.75, 3.05) is 12.4 Å². The second-order valence-corrected chi connectivity index (χ2v) is 6.18. The number of benzene rings is 1. The van der Waals surface area contributed by atoms with Crippen LogP contribution in [0.5, 0.6) is 0 Å². The van der Waals surface area contributed by atoms with Gasteiger partial charge in [0.05, 0.1) is 6.10 Å². The van der Waals surface area contributed by atoms with Crippen LogP contribution in [0.3, 0.4) is 0 Å². The van der Waals surface area contributed by atoms with Crippen molar-refractivity contribution in [3.05, 3.63) is 30.1 Å². The minimum atomic E-state index is -0.190. The monoisotopic (exact) mass is 283 g/mol. The average molecular weight is 283 g/mol. The molecule has 2 unspecified atom stereocenters. The van der Waals surface area contributed by atoms with E-state index in [-0.39, 0.29) is 11.9 Å². The van der Waals surface area contributed by atoms with Gasteiger partial charge in [0.15, 0.2) is 0 Å². The normalized spacial score (nSPS) is 20.6. The van der Waals surface area contributed by atoms with E-state index >= 15 is 0 Å². The molecule has 1 heterocycles. The summed E-state index contributed by atoms with van der Waals surface area (Å²) in [5.74, 6) is 0.696. The maximum absolute atomic E-state index is 12.8. The van der Waals surface area contributed by atoms with Gasteiger partial charge in [0.25, 0.3) is 0 Å². The Bertz CT molecular complexity index is 365. The molecule has 1 saturated heterocycles. The molecule has 2 nitrogen and oxygen atoms in total. The van der Waals surface area contributed by atoms with E-state index in [1.54, 1.807) is 23.9 Å². The highest BCUT2D eigenvalue weighted by atomic mass is 32.2. The predicted molar refractivity (Wildman–Crippen MR) is 77.9 cm³/mol. The number of halogens is 1. The van der Waals surface area contributed by atoms with Crippen LogP contribution in [0.15, 0.2) is 29.2 Å². The van der Waals surface area contributed by atoms with Crippen LogP contribution in [0.1, 0.15) is 32.1 Å². The van der Waals surface area contributed by atoms with Gasteiger partial charge in [-0.3, -0.25) is 0 Å². The van der Waals surface area contributed by atoms with E-state index in [2.05, 4.69) is 0 Å². The molecule has 0 bridgehead atoms. The van der Waals surface area contributed by atoms with E-state index in [0.717, 1.165) is 36.5 Å². The minimum absolute atomic E-state index is 0.190. The smallest absolute Gasteiger partial charge is 0.123 e. The zero-order chi connectivity index (χ0) is 13.5. The van der Waals surface area contributed by atoms with Crippen LogP contribution in [0, 0.1) is 5.82 Å². The first-order valence-corrected chi connectivity index (χ1v) is 7.98. The van der Waals surface area contributed by atoms with Crippen molar-refractivity contribution in [2.24, 2.45) is 5.73 Å². The molecular weight excluding hydrogens is 261 g/mol. The molecule has 1 aromatic carbocycles. The lowest BCUT2D eigenvalue weighted by atomic mass is 10.1. The van der Waals surface area contributed by atoms with Crippen molar-refractivity contribution in [1.29, 1.82) is 0 Å². The van der Waals surface area contributed by atoms with E-state index in [9.17, 15) is 4.39 Å². The third-order valence-electron chi connectivity index (χ3n) is 3.40. The molecule has 0 radical (unpaired) electrons. The van der Waals surface area contributed by atoms with Crippen LogP contribution in [-0.4, -0.2) is 24.5 Å². The Kier molecular flexibility index (Phi) is 6.14. The molecule has 1 aromatic rings. The molecule has 19 heavy (non-hydrogen) atoms. The highest BCUT2D eigenvalue weighted by Gasteiger charge is 2.15. The van der Waals surface area contributed by atoms with E-state index in [1.807, 2.05) is 0 Å². The summed E-state index contributed by atoms with van der Waals surface area (Å²) in [6.07, 6.45) is 6.19. The van der Waals surface area contributed by atoms with Crippen LogP contribution in [0.25, 0.3) is 0 Å². The summed E-state index contributed by atoms with van der Waals surface area (Å²) in [4.78, 5) is 1.08. The molecule has 2 atom stereocenters. The van der Waals surface area contributed by atoms with E-state index in [1.165, 1.54) is 25.0 Å². The first-order chi connectivity index (χ1) is 9.24. The number of thioether (sulfide) groups is 1. The lowest BCUT2D eigenvalue weighted by Gasteiger charge is -2.13. The average Bonchev–Trinajstić information content (AvgIpc) is 2.91. The molecule has 0 spiro atoms. The summed E-state index contributed by atoms with van der Waals surface area (Å²) >= 11 is 1.70. The highest BCUT2D eigenvalue weighted by Crippen LogP contribution is 2.21. The number of hydrogen-bond donors (Lipinski definition) is 1. The van der Waals surface area contributed by atoms with Crippen LogP contribution >= 0.6 is 11.8 Å². The fourth-order valence-electron chi connectivity index (χ4n) is 2.30. The first kappa shape index (κ1) is 14.8. The quantitative estimate of drug-likeness (QED) is 0.777. The van der Waals surface area contributed by atoms with Crippen LogP contribution in [0.2, 0.25) is 0 Å². The van der Waals surface area contributed by atoms with E-state index in [4.69, 9.17) is 10.5 Å². The fourth-order valence-corrected chi connectivity index (χ4v) is 3.20. The van der Waals surface area contributed by atoms with Crippen molar-refractivity contribution in [2.45, 2.75) is 49.1 Å². The zero-order valence-electron chi connectivity index (χ0n) is 11.2. The predicted octanol–water partition coefficient (Wildman–Crippen LogP) is 3.59. The Morgan fingerprint density at radius 3 is 2.84 bits per heavy atom. The molecule has 0 aliphatic carbocycles. The van der Waals surface area contributed by atoms with E-state index < -0.39 is 0 Å². The fraction of sp³-hybridized carbons (Fsp3) is 0.600. The third kappa shape index (κ3) is 5.51. The van der Waals surface area contributed by atoms with Gasteiger partial charge < -0.3 is 10.5 Å². The third-order valence-corrected chi connectivity index (χ3v) is 4.60. The highest BCUT2D eigenvalue weighted by molar-refractivity contribution is 7.99. The number of nitrogens with two attached hydrogens (primary N) is 1. The van der Waals surface area contributed by atoms with Crippen LogP contribution < -0.4 is 5.73 Å². The number of ether oxygens (including phenoxy) is 1. The second kappa shape index (κ2) is 7.88. The maximum atomic E-state index is 12.8. The molecule has 1 fully saturated rings. The Hall–Kier alpha value is -0.580. The van der Waals surface area contributed by atoms with Crippen molar-refractivity contribution < 1.29 is 9.13 Å². The molecule has 106 valence electrons. The molecule has 2 rings (SSSR count). The van der Waals surface area contributed by atoms with E-state index in [0.29, 0.717) is 6.10 Å². The van der Waals surface area contributed by atoms with Crippen LogP contribution in [0.4, 0.5) is 4.39 Å². The molecule has 1 aliphatic heterocycles. The summed E-state index contributed by atoms with van der Waals surface area (Å²) in [6.45, 7) is 0.928. The summed E-state index contributed by atoms with van der Waals surface area (Å²) < 4.78 is 18.3. The van der Waals surface area contributed by atoms with Gasteiger partial charge in [-0.25, -0.2) is 4.39 Å². The molecule has 2 N–H and O–H groups in total. The maximum Gasteiger partial charge on any atom is 0.123 e. The van der Waals surface area contributed by atoms with Crippen molar-refractivity contribution in [3.8, 4) is 0 Å². The Balaban J connectivity index is 1.58. The van der Waals surface area contributed by atoms with Crippen molar-refractivity contribution in [3.63, 3.8) is 0 Å². The molecule has 0 saturated carbocycles. The summed E-state index contributed by atoms with van der Waals surface area (Å²) in [7, 11) is 0. The standard InChI is InChI=1S/C15H22FNOS/c16-12-6-8-15(9-7-12)19-11-13(17)3-1-4-14-5-2-10-18-14/h6-9,13-14H,1-5,10-11,17H2. The summed E-state index contributed by atoms with van der Waals surface area (Å²) in [5, 5.41) is 0. The Labute approximate surface area is 118 Å². The van der Waals surface area contributed by atoms with Gasteiger partial charge in [-0.05, 0) is 56.4 Å². The summed E-state index contributed by atoms with van der Waals surface area (Å²) in [5.41, 5.74) is 6.10. The van der Waals surface area contributed by atoms with Gasteiger partial charge in [0, 0.05) is 23.3 Å². The number of rotatable bonds is 7. The van der Waals surface area contributed by atoms with Gasteiger partial charge in [-0.15, -0.1) is 11.8 Å². The summed E-state index contributed by atoms with van der Waals surface area (Å²) in [6, 6.07) is 6.80. The van der Waals surface area contributed by atoms with Gasteiger partial charge in [0.2, 0.25) is 0 Å². The van der Waals surface area contributed by atoms with Gasteiger partial charge >= 0.3 is 0 Å². The SMILES string of the molecule is NC(CCCC1CCCO1)CSc1ccc(F)cc1. The van der Waals surface area contributed by atoms with Gasteiger partial charge in [-0.1, -0.05) is 0 Å². The molecular formula is C15H22FNOS.